The van der Waals surface area contributed by atoms with Gasteiger partial charge in [-0.2, -0.15) is 4.68 Å². The molecule has 0 saturated heterocycles. The smallest absolute Gasteiger partial charge is 0.176 e. The molecular weight excluding hydrogens is 286 g/mol. The zero-order valence-corrected chi connectivity index (χ0v) is 13.7. The first-order valence-electron chi connectivity index (χ1n) is 7.71. The van der Waals surface area contributed by atoms with E-state index in [1.54, 1.807) is 4.68 Å². The lowest BCUT2D eigenvalue weighted by Crippen LogP contribution is -2.38. The van der Waals surface area contributed by atoms with Crippen molar-refractivity contribution in [3.05, 3.63) is 71.5 Å². The fourth-order valence-corrected chi connectivity index (χ4v) is 2.43. The molecule has 0 atom stereocenters. The standard InChI is InChI=1S/C18H21N5/c1-14-9-11-16(12-10-14)23-17(20-21-22-23)18(2,3)19-13-15-7-5-4-6-8-15/h4-12,19H,13H2,1-3H3. The van der Waals surface area contributed by atoms with Crippen LogP contribution in [0, 0.1) is 6.92 Å². The van der Waals surface area contributed by atoms with Gasteiger partial charge in [-0.1, -0.05) is 48.0 Å². The lowest BCUT2D eigenvalue weighted by molar-refractivity contribution is 0.370. The van der Waals surface area contributed by atoms with Crippen molar-refractivity contribution in [2.75, 3.05) is 0 Å². The molecule has 1 heterocycles. The monoisotopic (exact) mass is 307 g/mol. The zero-order valence-electron chi connectivity index (χ0n) is 13.7. The maximum atomic E-state index is 4.24. The number of hydrogen-bond donors (Lipinski definition) is 1. The molecule has 0 spiro atoms. The van der Waals surface area contributed by atoms with Crippen LogP contribution >= 0.6 is 0 Å². The van der Waals surface area contributed by atoms with Crippen LogP contribution in [0.2, 0.25) is 0 Å². The van der Waals surface area contributed by atoms with E-state index in [0.29, 0.717) is 0 Å². The number of hydrogen-bond acceptors (Lipinski definition) is 4. The van der Waals surface area contributed by atoms with Crippen molar-refractivity contribution in [3.63, 3.8) is 0 Å². The largest absolute Gasteiger partial charge is 0.301 e. The van der Waals surface area contributed by atoms with E-state index >= 15 is 0 Å². The van der Waals surface area contributed by atoms with Crippen LogP contribution in [-0.4, -0.2) is 20.2 Å². The molecule has 0 fully saturated rings. The van der Waals surface area contributed by atoms with E-state index in [4.69, 9.17) is 0 Å². The molecule has 5 heteroatoms. The van der Waals surface area contributed by atoms with Gasteiger partial charge in [-0.05, 0) is 48.9 Å². The van der Waals surface area contributed by atoms with Gasteiger partial charge in [0.25, 0.3) is 0 Å². The second-order valence-electron chi connectivity index (χ2n) is 6.21. The average molecular weight is 307 g/mol. The van der Waals surface area contributed by atoms with Gasteiger partial charge in [-0.25, -0.2) is 0 Å². The Morgan fingerprint density at radius 2 is 1.70 bits per heavy atom. The van der Waals surface area contributed by atoms with E-state index < -0.39 is 0 Å². The van der Waals surface area contributed by atoms with Crippen molar-refractivity contribution in [2.24, 2.45) is 0 Å². The summed E-state index contributed by atoms with van der Waals surface area (Å²) in [5.41, 5.74) is 3.05. The summed E-state index contributed by atoms with van der Waals surface area (Å²) in [5.74, 6) is 0.789. The molecule has 0 aliphatic rings. The van der Waals surface area contributed by atoms with Gasteiger partial charge in [-0.3, -0.25) is 0 Å². The van der Waals surface area contributed by atoms with Gasteiger partial charge in [-0.15, -0.1) is 5.10 Å². The lowest BCUT2D eigenvalue weighted by Gasteiger charge is -2.25. The molecule has 5 nitrogen and oxygen atoms in total. The Morgan fingerprint density at radius 1 is 1.00 bits per heavy atom. The summed E-state index contributed by atoms with van der Waals surface area (Å²) in [6.45, 7) is 7.00. The summed E-state index contributed by atoms with van der Waals surface area (Å²) < 4.78 is 1.79. The van der Waals surface area contributed by atoms with Gasteiger partial charge in [0.2, 0.25) is 0 Å². The fourth-order valence-electron chi connectivity index (χ4n) is 2.43. The Kier molecular flexibility index (Phi) is 4.21. The molecule has 0 amide bonds. The molecule has 3 rings (SSSR count). The first-order chi connectivity index (χ1) is 11.1. The Hall–Kier alpha value is -2.53. The van der Waals surface area contributed by atoms with Crippen LogP contribution in [0.4, 0.5) is 0 Å². The Labute approximate surface area is 136 Å². The molecule has 0 aliphatic heterocycles. The zero-order chi connectivity index (χ0) is 16.3. The van der Waals surface area contributed by atoms with Gasteiger partial charge in [0.1, 0.15) is 0 Å². The van der Waals surface area contributed by atoms with Gasteiger partial charge in [0, 0.05) is 6.54 Å². The topological polar surface area (TPSA) is 55.6 Å². The van der Waals surface area contributed by atoms with E-state index in [-0.39, 0.29) is 5.54 Å². The number of tetrazole rings is 1. The fraction of sp³-hybridized carbons (Fsp3) is 0.278. The van der Waals surface area contributed by atoms with Crippen LogP contribution < -0.4 is 5.32 Å². The molecule has 0 radical (unpaired) electrons. The minimum Gasteiger partial charge on any atom is -0.301 e. The third-order valence-corrected chi connectivity index (χ3v) is 3.88. The van der Waals surface area contributed by atoms with Gasteiger partial charge in [0.05, 0.1) is 11.2 Å². The van der Waals surface area contributed by atoms with E-state index in [1.165, 1.54) is 11.1 Å². The number of nitrogens with one attached hydrogen (secondary N) is 1. The van der Waals surface area contributed by atoms with Crippen molar-refractivity contribution in [1.29, 1.82) is 0 Å². The summed E-state index contributed by atoms with van der Waals surface area (Å²) in [6, 6.07) is 18.5. The molecule has 0 bridgehead atoms. The van der Waals surface area contributed by atoms with Crippen molar-refractivity contribution in [1.82, 2.24) is 25.5 Å². The van der Waals surface area contributed by atoms with Crippen molar-refractivity contribution in [2.45, 2.75) is 32.9 Å². The quantitative estimate of drug-likeness (QED) is 0.787. The Bertz CT molecular complexity index is 760. The van der Waals surface area contributed by atoms with E-state index in [9.17, 15) is 0 Å². The third kappa shape index (κ3) is 3.46. The molecule has 118 valence electrons. The Morgan fingerprint density at radius 3 is 2.39 bits per heavy atom. The summed E-state index contributed by atoms with van der Waals surface area (Å²) in [4.78, 5) is 0. The molecular formula is C18H21N5. The van der Waals surface area contributed by atoms with Gasteiger partial charge >= 0.3 is 0 Å². The first-order valence-corrected chi connectivity index (χ1v) is 7.71. The summed E-state index contributed by atoms with van der Waals surface area (Å²) in [5, 5.41) is 15.8. The molecule has 0 aliphatic carbocycles. The highest BCUT2D eigenvalue weighted by Gasteiger charge is 2.27. The number of benzene rings is 2. The highest BCUT2D eigenvalue weighted by Crippen LogP contribution is 2.20. The van der Waals surface area contributed by atoms with Crippen LogP contribution in [-0.2, 0) is 12.1 Å². The van der Waals surface area contributed by atoms with E-state index in [0.717, 1.165) is 18.1 Å². The van der Waals surface area contributed by atoms with Crippen molar-refractivity contribution >= 4 is 0 Å². The van der Waals surface area contributed by atoms with Crippen LogP contribution in [0.1, 0.15) is 30.8 Å². The predicted molar refractivity (Wildman–Crippen MR) is 90.2 cm³/mol. The SMILES string of the molecule is Cc1ccc(-n2nnnc2C(C)(C)NCc2ccccc2)cc1. The number of aryl methyl sites for hydroxylation is 1. The van der Waals surface area contributed by atoms with Crippen molar-refractivity contribution in [3.8, 4) is 5.69 Å². The second-order valence-corrected chi connectivity index (χ2v) is 6.21. The predicted octanol–water partition coefficient (Wildman–Crippen LogP) is 3.00. The summed E-state index contributed by atoms with van der Waals surface area (Å²) >= 11 is 0. The maximum absolute atomic E-state index is 4.24. The van der Waals surface area contributed by atoms with Gasteiger partial charge < -0.3 is 5.32 Å². The molecule has 2 aromatic carbocycles. The molecule has 3 aromatic rings. The second kappa shape index (κ2) is 6.30. The van der Waals surface area contributed by atoms with Crippen molar-refractivity contribution < 1.29 is 0 Å². The molecule has 23 heavy (non-hydrogen) atoms. The Balaban J connectivity index is 1.83. The molecule has 0 saturated carbocycles. The van der Waals surface area contributed by atoms with Crippen LogP contribution in [0.5, 0.6) is 0 Å². The lowest BCUT2D eigenvalue weighted by atomic mass is 10.0. The number of nitrogens with zero attached hydrogens (tertiary/aromatic N) is 4. The number of rotatable bonds is 5. The number of aromatic nitrogens is 4. The summed E-state index contributed by atoms with van der Waals surface area (Å²) in [6.07, 6.45) is 0. The van der Waals surface area contributed by atoms with Crippen LogP contribution in [0.3, 0.4) is 0 Å². The normalized spacial score (nSPS) is 11.6. The highest BCUT2D eigenvalue weighted by atomic mass is 15.6. The summed E-state index contributed by atoms with van der Waals surface area (Å²) in [7, 11) is 0. The third-order valence-electron chi connectivity index (χ3n) is 3.88. The van der Waals surface area contributed by atoms with Crippen LogP contribution in [0.25, 0.3) is 5.69 Å². The first kappa shape index (κ1) is 15.4. The highest BCUT2D eigenvalue weighted by molar-refractivity contribution is 5.34. The maximum Gasteiger partial charge on any atom is 0.176 e. The van der Waals surface area contributed by atoms with Crippen LogP contribution in [0.15, 0.2) is 54.6 Å². The average Bonchev–Trinajstić information content (AvgIpc) is 3.05. The molecule has 1 aromatic heterocycles. The molecule has 1 N–H and O–H groups in total. The van der Waals surface area contributed by atoms with E-state index in [2.05, 4.69) is 65.9 Å². The van der Waals surface area contributed by atoms with Gasteiger partial charge in [0.15, 0.2) is 5.82 Å². The van der Waals surface area contributed by atoms with E-state index in [1.807, 2.05) is 30.3 Å². The molecule has 0 unspecified atom stereocenters. The minimum atomic E-state index is -0.357. The minimum absolute atomic E-state index is 0.357.